The van der Waals surface area contributed by atoms with Gasteiger partial charge in [0.05, 0.1) is 33.7 Å². The van der Waals surface area contributed by atoms with Crippen molar-refractivity contribution in [2.75, 3.05) is 0 Å². The maximum atomic E-state index is 14.1. The summed E-state index contributed by atoms with van der Waals surface area (Å²) in [7, 11) is 0. The largest absolute Gasteiger partial charge is 0.387 e. The van der Waals surface area contributed by atoms with E-state index in [0.29, 0.717) is 39.1 Å². The van der Waals surface area contributed by atoms with Gasteiger partial charge < -0.3 is 14.2 Å². The van der Waals surface area contributed by atoms with Crippen LogP contribution in [-0.2, 0) is 13.1 Å². The number of hydrogen-bond acceptors (Lipinski definition) is 2. The highest BCUT2D eigenvalue weighted by Crippen LogP contribution is 2.29. The lowest BCUT2D eigenvalue weighted by atomic mass is 9.89. The van der Waals surface area contributed by atoms with Gasteiger partial charge in [-0.1, -0.05) is 53.9 Å². The lowest BCUT2D eigenvalue weighted by Gasteiger charge is -2.21. The van der Waals surface area contributed by atoms with Crippen LogP contribution in [0, 0.1) is 17.1 Å². The molecule has 3 aromatic rings. The molecule has 4 nitrogen and oxygen atoms in total. The van der Waals surface area contributed by atoms with Crippen molar-refractivity contribution in [3.8, 4) is 0 Å². The quantitative estimate of drug-likeness (QED) is 0.481. The van der Waals surface area contributed by atoms with E-state index in [1.54, 1.807) is 28.8 Å². The van der Waals surface area contributed by atoms with Crippen LogP contribution in [0.5, 0.6) is 0 Å². The van der Waals surface area contributed by atoms with Crippen LogP contribution < -0.4 is 5.62 Å². The van der Waals surface area contributed by atoms with Crippen molar-refractivity contribution in [2.45, 2.75) is 39.5 Å². The van der Waals surface area contributed by atoms with Gasteiger partial charge in [-0.05, 0) is 60.7 Å². The van der Waals surface area contributed by atoms with Gasteiger partial charge >= 0.3 is 0 Å². The van der Waals surface area contributed by atoms with Crippen LogP contribution in [0.15, 0.2) is 59.7 Å². The van der Waals surface area contributed by atoms with E-state index in [0.717, 1.165) is 6.42 Å². The van der Waals surface area contributed by atoms with E-state index >= 15 is 0 Å². The molecule has 0 spiro atoms. The number of allylic oxidation sites excluding steroid dienone is 4. The van der Waals surface area contributed by atoms with E-state index in [-0.39, 0.29) is 18.0 Å². The maximum Gasteiger partial charge on any atom is 0.203 e. The minimum absolute atomic E-state index is 0.138. The van der Waals surface area contributed by atoms with E-state index in [4.69, 9.17) is 28.6 Å². The molecule has 2 unspecified atom stereocenters. The summed E-state index contributed by atoms with van der Waals surface area (Å²) in [5.41, 5.74) is 4.56. The number of aromatic nitrogens is 2. The summed E-state index contributed by atoms with van der Waals surface area (Å²) in [5.74, 6) is -0.00335. The third-order valence-electron chi connectivity index (χ3n) is 6.00. The predicted molar refractivity (Wildman–Crippen MR) is 123 cm³/mol. The third-order valence-corrected chi connectivity index (χ3v) is 6.74. The Labute approximate surface area is 190 Å². The third kappa shape index (κ3) is 4.22. The van der Waals surface area contributed by atoms with Crippen LogP contribution in [0.25, 0.3) is 11.0 Å². The second-order valence-corrected chi connectivity index (χ2v) is 8.90. The van der Waals surface area contributed by atoms with Crippen LogP contribution in [0.3, 0.4) is 0 Å². The summed E-state index contributed by atoms with van der Waals surface area (Å²) in [5, 5.41) is 20.4. The molecule has 31 heavy (non-hydrogen) atoms. The Bertz CT molecular complexity index is 1270. The Hall–Kier alpha value is -2.34. The minimum atomic E-state index is -0.898. The molecule has 4 rings (SSSR count). The number of fused-ring (bicyclic) bond motifs is 1. The number of benzene rings is 2. The first-order valence-electron chi connectivity index (χ1n) is 10.2. The van der Waals surface area contributed by atoms with Crippen LogP contribution in [0.2, 0.25) is 10.0 Å². The van der Waals surface area contributed by atoms with E-state index < -0.39 is 6.10 Å². The summed E-state index contributed by atoms with van der Waals surface area (Å²) in [6.07, 6.45) is 4.31. The van der Waals surface area contributed by atoms with Crippen LogP contribution in [-0.4, -0.2) is 14.2 Å². The predicted octanol–water partition coefficient (Wildman–Crippen LogP) is 6.01. The highest BCUT2D eigenvalue weighted by Gasteiger charge is 2.20. The zero-order chi connectivity index (χ0) is 22.3. The number of hydrogen-bond donors (Lipinski definition) is 2. The average molecular weight is 460 g/mol. The molecule has 0 radical (unpaired) electrons. The highest BCUT2D eigenvalue weighted by molar-refractivity contribution is 6.42. The molecular formula is C24H24Cl2FN3O. The fourth-order valence-corrected chi connectivity index (χ4v) is 4.50. The highest BCUT2D eigenvalue weighted by atomic mass is 35.5. The summed E-state index contributed by atoms with van der Waals surface area (Å²) in [6.45, 7) is 4.88. The number of imidazole rings is 1. The zero-order valence-corrected chi connectivity index (χ0v) is 18.9. The van der Waals surface area contributed by atoms with Gasteiger partial charge in [-0.25, -0.2) is 4.39 Å². The molecule has 1 aliphatic carbocycles. The summed E-state index contributed by atoms with van der Waals surface area (Å²) < 4.78 is 17.6. The van der Waals surface area contributed by atoms with Crippen molar-refractivity contribution in [2.24, 2.45) is 5.92 Å². The van der Waals surface area contributed by atoms with Gasteiger partial charge in [0.1, 0.15) is 5.82 Å². The zero-order valence-electron chi connectivity index (χ0n) is 17.4. The average Bonchev–Trinajstić information content (AvgIpc) is 2.97. The second kappa shape index (κ2) is 8.65. The molecule has 0 amide bonds. The Kier molecular flexibility index (Phi) is 6.11. The standard InChI is InChI=1S/C24H24Cl2FN3O/c1-14-4-3-5-15(2)18(14)12-29-22-11-17(27)7-9-21(22)30(24(29)28)13-23(31)16-6-8-19(25)20(26)10-16/h3-4,6-11,15,23,28,31H,5,12-13H2,1-2H3. The van der Waals surface area contributed by atoms with Crippen molar-refractivity contribution >= 4 is 34.2 Å². The van der Waals surface area contributed by atoms with Gasteiger partial charge in [0, 0.05) is 6.54 Å². The molecule has 7 heteroatoms. The minimum Gasteiger partial charge on any atom is -0.387 e. The Morgan fingerprint density at radius 2 is 1.90 bits per heavy atom. The van der Waals surface area contributed by atoms with Crippen LogP contribution >= 0.6 is 23.2 Å². The number of nitrogens with zero attached hydrogens (tertiary/aromatic N) is 2. The molecule has 2 aromatic carbocycles. The van der Waals surface area contributed by atoms with Crippen molar-refractivity contribution in [3.63, 3.8) is 0 Å². The maximum absolute atomic E-state index is 14.1. The van der Waals surface area contributed by atoms with Gasteiger partial charge in [0.25, 0.3) is 0 Å². The first kappa shape index (κ1) is 21.9. The molecule has 0 saturated heterocycles. The van der Waals surface area contributed by atoms with Crippen molar-refractivity contribution < 1.29 is 9.50 Å². The van der Waals surface area contributed by atoms with E-state index in [1.165, 1.54) is 23.3 Å². The number of rotatable bonds is 5. The first-order valence-corrected chi connectivity index (χ1v) is 10.9. The lowest BCUT2D eigenvalue weighted by molar-refractivity contribution is 0.155. The SMILES string of the molecule is CC1=C(Cn2c(=N)n(CC(O)c3ccc(Cl)c(Cl)c3)c3ccc(F)cc32)C(C)CC=C1. The molecule has 0 saturated carbocycles. The van der Waals surface area contributed by atoms with Crippen LogP contribution in [0.1, 0.15) is 31.9 Å². The monoisotopic (exact) mass is 459 g/mol. The Morgan fingerprint density at radius 1 is 1.13 bits per heavy atom. The molecule has 162 valence electrons. The number of aliphatic hydroxyl groups excluding tert-OH is 1. The topological polar surface area (TPSA) is 53.9 Å². The lowest BCUT2D eigenvalue weighted by Crippen LogP contribution is -2.28. The molecule has 0 bridgehead atoms. The van der Waals surface area contributed by atoms with Gasteiger partial charge in [0.15, 0.2) is 0 Å². The normalized spacial score (nSPS) is 17.5. The second-order valence-electron chi connectivity index (χ2n) is 8.09. The fourth-order valence-electron chi connectivity index (χ4n) is 4.20. The molecule has 2 atom stereocenters. The molecule has 1 heterocycles. The van der Waals surface area contributed by atoms with Crippen molar-refractivity contribution in [3.05, 3.63) is 86.7 Å². The molecule has 1 aliphatic rings. The molecular weight excluding hydrogens is 436 g/mol. The molecule has 1 aromatic heterocycles. The molecule has 0 aliphatic heterocycles. The Morgan fingerprint density at radius 3 is 2.61 bits per heavy atom. The smallest absolute Gasteiger partial charge is 0.203 e. The van der Waals surface area contributed by atoms with Crippen molar-refractivity contribution in [1.82, 2.24) is 9.13 Å². The molecule has 2 N–H and O–H groups in total. The summed E-state index contributed by atoms with van der Waals surface area (Å²) in [4.78, 5) is 0. The van der Waals surface area contributed by atoms with Gasteiger partial charge in [-0.3, -0.25) is 5.41 Å². The Balaban J connectivity index is 1.78. The van der Waals surface area contributed by atoms with Gasteiger partial charge in [-0.15, -0.1) is 0 Å². The van der Waals surface area contributed by atoms with Gasteiger partial charge in [0.2, 0.25) is 5.62 Å². The van der Waals surface area contributed by atoms with E-state index in [9.17, 15) is 9.50 Å². The van der Waals surface area contributed by atoms with Crippen LogP contribution in [0.4, 0.5) is 4.39 Å². The fraction of sp³-hybridized carbons (Fsp3) is 0.292. The number of halogens is 3. The first-order chi connectivity index (χ1) is 14.8. The summed E-state index contributed by atoms with van der Waals surface area (Å²) >= 11 is 12.1. The molecule has 0 fully saturated rings. The van der Waals surface area contributed by atoms with E-state index in [2.05, 4.69) is 26.0 Å². The van der Waals surface area contributed by atoms with Gasteiger partial charge in [-0.2, -0.15) is 0 Å². The number of nitrogens with one attached hydrogen (secondary N) is 1. The summed E-state index contributed by atoms with van der Waals surface area (Å²) in [6, 6.07) is 9.47. The number of aliphatic hydroxyl groups is 1. The van der Waals surface area contributed by atoms with E-state index in [1.807, 2.05) is 4.57 Å². The van der Waals surface area contributed by atoms with Crippen molar-refractivity contribution in [1.29, 1.82) is 5.41 Å².